The zero-order valence-corrected chi connectivity index (χ0v) is 12.8. The van der Waals surface area contributed by atoms with Crippen LogP contribution in [0.25, 0.3) is 0 Å². The number of nitrogens with zero attached hydrogens (tertiary/aromatic N) is 2. The number of unbranched alkanes of at least 4 members (excludes halogenated alkanes) is 1. The zero-order valence-electron chi connectivity index (χ0n) is 12.8. The molecule has 0 saturated heterocycles. The third kappa shape index (κ3) is 4.45. The summed E-state index contributed by atoms with van der Waals surface area (Å²) in [4.78, 5) is 8.49. The summed E-state index contributed by atoms with van der Waals surface area (Å²) in [7, 11) is 0. The van der Waals surface area contributed by atoms with Crippen LogP contribution in [0, 0.1) is 0 Å². The summed E-state index contributed by atoms with van der Waals surface area (Å²) in [5.41, 5.74) is 8.16. The van der Waals surface area contributed by atoms with Gasteiger partial charge in [-0.15, -0.1) is 0 Å². The second kappa shape index (κ2) is 7.62. The number of aromatic nitrogens is 2. The zero-order chi connectivity index (χ0) is 15.1. The molecule has 21 heavy (non-hydrogen) atoms. The average Bonchev–Trinajstić information content (AvgIpc) is 2.51. The van der Waals surface area contributed by atoms with Crippen molar-refractivity contribution in [1.29, 1.82) is 0 Å². The van der Waals surface area contributed by atoms with Gasteiger partial charge < -0.3 is 11.1 Å². The predicted octanol–water partition coefficient (Wildman–Crippen LogP) is 3.62. The molecule has 1 atom stereocenters. The Kier molecular flexibility index (Phi) is 5.55. The van der Waals surface area contributed by atoms with Crippen LogP contribution in [0.15, 0.2) is 36.5 Å². The molecule has 2 rings (SSSR count). The Balaban J connectivity index is 2.11. The number of benzene rings is 1. The van der Waals surface area contributed by atoms with Crippen molar-refractivity contribution in [2.45, 2.75) is 39.0 Å². The third-order valence-electron chi connectivity index (χ3n) is 3.60. The molecule has 0 aliphatic heterocycles. The van der Waals surface area contributed by atoms with Crippen LogP contribution >= 0.6 is 0 Å². The van der Waals surface area contributed by atoms with Crippen LogP contribution in [-0.2, 0) is 6.42 Å². The number of rotatable bonds is 7. The molecule has 0 fully saturated rings. The lowest BCUT2D eigenvalue weighted by atomic mass is 9.94. The number of hydrogen-bond acceptors (Lipinski definition) is 4. The van der Waals surface area contributed by atoms with Crippen LogP contribution in [0.5, 0.6) is 0 Å². The second-order valence-corrected chi connectivity index (χ2v) is 5.40. The highest BCUT2D eigenvalue weighted by atomic mass is 15.1. The fraction of sp³-hybridized carbons (Fsp3) is 0.412. The maximum Gasteiger partial charge on any atom is 0.221 e. The summed E-state index contributed by atoms with van der Waals surface area (Å²) in [5.74, 6) is 1.62. The van der Waals surface area contributed by atoms with Gasteiger partial charge in [-0.05, 0) is 24.3 Å². The molecule has 0 aliphatic rings. The van der Waals surface area contributed by atoms with Crippen molar-refractivity contribution in [2.75, 3.05) is 17.6 Å². The van der Waals surface area contributed by atoms with Gasteiger partial charge in [-0.2, -0.15) is 4.98 Å². The molecule has 0 unspecified atom stereocenters. The van der Waals surface area contributed by atoms with E-state index in [-0.39, 0.29) is 0 Å². The highest BCUT2D eigenvalue weighted by Gasteiger charge is 2.11. The molecule has 0 radical (unpaired) electrons. The molecule has 4 heteroatoms. The monoisotopic (exact) mass is 284 g/mol. The Morgan fingerprint density at radius 3 is 2.71 bits per heavy atom. The molecule has 112 valence electrons. The van der Waals surface area contributed by atoms with E-state index in [9.17, 15) is 0 Å². The van der Waals surface area contributed by atoms with Gasteiger partial charge in [-0.1, -0.05) is 50.6 Å². The van der Waals surface area contributed by atoms with E-state index in [1.165, 1.54) is 5.56 Å². The number of nitrogens with two attached hydrogens (primary N) is 1. The summed E-state index contributed by atoms with van der Waals surface area (Å²) in [5, 5.41) is 3.38. The standard InChI is InChI=1S/C17H24N4/c1-3-4-10-19-16-15(12-20-17(18)21-16)11-13(2)14-8-6-5-7-9-14/h5-9,12-13H,3-4,10-11H2,1-2H3,(H3,18,19,20,21)/t13-/m1/s1. The lowest BCUT2D eigenvalue weighted by Crippen LogP contribution is -2.10. The topological polar surface area (TPSA) is 63.8 Å². The molecule has 3 N–H and O–H groups in total. The molecule has 2 aromatic rings. The molecular formula is C17H24N4. The van der Waals surface area contributed by atoms with Crippen LogP contribution in [0.2, 0.25) is 0 Å². The maximum atomic E-state index is 5.71. The van der Waals surface area contributed by atoms with E-state index >= 15 is 0 Å². The first-order valence-corrected chi connectivity index (χ1v) is 7.61. The van der Waals surface area contributed by atoms with Gasteiger partial charge in [-0.25, -0.2) is 4.98 Å². The summed E-state index contributed by atoms with van der Waals surface area (Å²) >= 11 is 0. The molecular weight excluding hydrogens is 260 g/mol. The second-order valence-electron chi connectivity index (χ2n) is 5.40. The van der Waals surface area contributed by atoms with Gasteiger partial charge in [0, 0.05) is 18.3 Å². The lowest BCUT2D eigenvalue weighted by Gasteiger charge is -2.15. The molecule has 4 nitrogen and oxygen atoms in total. The van der Waals surface area contributed by atoms with Crippen molar-refractivity contribution in [3.8, 4) is 0 Å². The predicted molar refractivity (Wildman–Crippen MR) is 88.4 cm³/mol. The smallest absolute Gasteiger partial charge is 0.221 e. The minimum absolute atomic E-state index is 0.324. The van der Waals surface area contributed by atoms with Gasteiger partial charge >= 0.3 is 0 Å². The molecule has 0 aliphatic carbocycles. The largest absolute Gasteiger partial charge is 0.370 e. The summed E-state index contributed by atoms with van der Waals surface area (Å²) in [6.07, 6.45) is 5.02. The molecule has 0 bridgehead atoms. The molecule has 0 spiro atoms. The highest BCUT2D eigenvalue weighted by molar-refractivity contribution is 5.46. The van der Waals surface area contributed by atoms with Crippen molar-refractivity contribution in [2.24, 2.45) is 0 Å². The first-order chi connectivity index (χ1) is 10.2. The molecule has 0 amide bonds. The SMILES string of the molecule is CCCCNc1nc(N)ncc1C[C@@H](C)c1ccccc1. The quantitative estimate of drug-likeness (QED) is 0.762. The van der Waals surface area contributed by atoms with E-state index in [0.29, 0.717) is 11.9 Å². The van der Waals surface area contributed by atoms with E-state index in [0.717, 1.165) is 37.2 Å². The Labute approximate surface area is 126 Å². The van der Waals surface area contributed by atoms with E-state index < -0.39 is 0 Å². The summed E-state index contributed by atoms with van der Waals surface area (Å²) in [6.45, 7) is 5.32. The van der Waals surface area contributed by atoms with Crippen LogP contribution < -0.4 is 11.1 Å². The van der Waals surface area contributed by atoms with Gasteiger partial charge in [0.25, 0.3) is 0 Å². The third-order valence-corrected chi connectivity index (χ3v) is 3.60. The summed E-state index contributed by atoms with van der Waals surface area (Å²) in [6, 6.07) is 10.5. The van der Waals surface area contributed by atoms with Crippen molar-refractivity contribution >= 4 is 11.8 Å². The van der Waals surface area contributed by atoms with Gasteiger partial charge in [0.05, 0.1) is 0 Å². The minimum atomic E-state index is 0.324. The van der Waals surface area contributed by atoms with Crippen LogP contribution in [0.4, 0.5) is 11.8 Å². The van der Waals surface area contributed by atoms with Crippen molar-refractivity contribution in [1.82, 2.24) is 9.97 Å². The molecule has 1 aromatic carbocycles. The first kappa shape index (κ1) is 15.3. The number of nitrogen functional groups attached to an aromatic ring is 1. The van der Waals surface area contributed by atoms with E-state index in [1.54, 1.807) is 0 Å². The van der Waals surface area contributed by atoms with Crippen LogP contribution in [-0.4, -0.2) is 16.5 Å². The van der Waals surface area contributed by atoms with Crippen molar-refractivity contribution in [3.05, 3.63) is 47.7 Å². The fourth-order valence-corrected chi connectivity index (χ4v) is 2.34. The van der Waals surface area contributed by atoms with Gasteiger partial charge in [-0.3, -0.25) is 0 Å². The van der Waals surface area contributed by atoms with Gasteiger partial charge in [0.1, 0.15) is 5.82 Å². The minimum Gasteiger partial charge on any atom is -0.370 e. The van der Waals surface area contributed by atoms with Crippen LogP contribution in [0.1, 0.15) is 43.7 Å². The van der Waals surface area contributed by atoms with Crippen LogP contribution in [0.3, 0.4) is 0 Å². The Hall–Kier alpha value is -2.10. The van der Waals surface area contributed by atoms with Crippen molar-refractivity contribution in [3.63, 3.8) is 0 Å². The van der Waals surface area contributed by atoms with E-state index in [2.05, 4.69) is 53.4 Å². The average molecular weight is 284 g/mol. The number of hydrogen-bond donors (Lipinski definition) is 2. The molecule has 1 aromatic heterocycles. The molecule has 0 saturated carbocycles. The molecule has 1 heterocycles. The number of nitrogens with one attached hydrogen (secondary N) is 1. The first-order valence-electron chi connectivity index (χ1n) is 7.61. The van der Waals surface area contributed by atoms with Gasteiger partial charge in [0.15, 0.2) is 0 Å². The van der Waals surface area contributed by atoms with Crippen molar-refractivity contribution < 1.29 is 0 Å². The fourth-order valence-electron chi connectivity index (χ4n) is 2.34. The van der Waals surface area contributed by atoms with E-state index in [4.69, 9.17) is 5.73 Å². The maximum absolute atomic E-state index is 5.71. The van der Waals surface area contributed by atoms with Gasteiger partial charge in [0.2, 0.25) is 5.95 Å². The number of anilines is 2. The summed E-state index contributed by atoms with van der Waals surface area (Å²) < 4.78 is 0. The highest BCUT2D eigenvalue weighted by Crippen LogP contribution is 2.23. The Morgan fingerprint density at radius 1 is 1.24 bits per heavy atom. The normalized spacial score (nSPS) is 12.1. The Morgan fingerprint density at radius 2 is 2.00 bits per heavy atom. The van der Waals surface area contributed by atoms with E-state index in [1.807, 2.05) is 12.3 Å². The lowest BCUT2D eigenvalue weighted by molar-refractivity contribution is 0.751. The Bertz CT molecular complexity index is 554.